The van der Waals surface area contributed by atoms with Crippen LogP contribution in [0.3, 0.4) is 0 Å². The monoisotopic (exact) mass is 429 g/mol. The van der Waals surface area contributed by atoms with E-state index in [0.29, 0.717) is 32.8 Å². The molecule has 1 aliphatic heterocycles. The highest BCUT2D eigenvalue weighted by Gasteiger charge is 2.18. The zero-order valence-corrected chi connectivity index (χ0v) is 18.2. The van der Waals surface area contributed by atoms with Crippen molar-refractivity contribution in [3.8, 4) is 11.5 Å². The second-order valence-corrected chi connectivity index (χ2v) is 7.60. The number of carbonyl (C=O) groups excluding carboxylic acids is 1. The molecule has 0 spiro atoms. The van der Waals surface area contributed by atoms with Gasteiger partial charge in [-0.05, 0) is 56.8 Å². The van der Waals surface area contributed by atoms with Crippen molar-refractivity contribution < 1.29 is 18.7 Å². The fraction of sp³-hybridized carbons (Fsp3) is 0.458. The zero-order valence-electron chi connectivity index (χ0n) is 18.2. The standard InChI is InChI=1S/C24H32FN3O3/c1-2-30-21-8-10-22(11-9-21)31-17-12-26-24(29)19-28-14-5-13-27(15-16-28)18-20-6-3-4-7-23(20)25/h3-4,6-11H,2,5,12-19H2,1H3,(H,26,29). The van der Waals surface area contributed by atoms with Crippen molar-refractivity contribution >= 4 is 5.91 Å². The molecule has 0 aromatic heterocycles. The molecular weight excluding hydrogens is 397 g/mol. The van der Waals surface area contributed by atoms with Crippen molar-refractivity contribution in [2.75, 3.05) is 52.5 Å². The predicted octanol–water partition coefficient (Wildman–Crippen LogP) is 2.93. The van der Waals surface area contributed by atoms with Gasteiger partial charge in [-0.1, -0.05) is 18.2 Å². The van der Waals surface area contributed by atoms with E-state index < -0.39 is 0 Å². The number of nitrogens with zero attached hydrogens (tertiary/aromatic N) is 2. The molecule has 1 saturated heterocycles. The van der Waals surface area contributed by atoms with E-state index in [4.69, 9.17) is 9.47 Å². The number of ether oxygens (including phenoxy) is 2. The van der Waals surface area contributed by atoms with Crippen molar-refractivity contribution in [1.29, 1.82) is 0 Å². The number of hydrogen-bond donors (Lipinski definition) is 1. The highest BCUT2D eigenvalue weighted by molar-refractivity contribution is 5.78. The first kappa shape index (κ1) is 23.0. The molecule has 2 aromatic rings. The van der Waals surface area contributed by atoms with Crippen LogP contribution in [0.25, 0.3) is 0 Å². The fourth-order valence-electron chi connectivity index (χ4n) is 3.63. The van der Waals surface area contributed by atoms with Crippen molar-refractivity contribution in [3.63, 3.8) is 0 Å². The van der Waals surface area contributed by atoms with Gasteiger partial charge in [-0.3, -0.25) is 14.6 Å². The first-order valence-electron chi connectivity index (χ1n) is 10.9. The molecule has 31 heavy (non-hydrogen) atoms. The van der Waals surface area contributed by atoms with Crippen LogP contribution in [-0.4, -0.2) is 68.2 Å². The third-order valence-corrected chi connectivity index (χ3v) is 5.23. The first-order valence-corrected chi connectivity index (χ1v) is 10.9. The normalized spacial score (nSPS) is 15.3. The van der Waals surface area contributed by atoms with E-state index in [2.05, 4.69) is 15.1 Å². The molecule has 0 aliphatic carbocycles. The SMILES string of the molecule is CCOc1ccc(OCCNC(=O)CN2CCCN(Cc3ccccc3F)CC2)cc1. The minimum atomic E-state index is -0.157. The number of rotatable bonds is 10. The summed E-state index contributed by atoms with van der Waals surface area (Å²) in [7, 11) is 0. The molecule has 168 valence electrons. The van der Waals surface area contributed by atoms with E-state index in [-0.39, 0.29) is 11.7 Å². The Morgan fingerprint density at radius 3 is 2.39 bits per heavy atom. The average Bonchev–Trinajstić information content (AvgIpc) is 2.99. The maximum Gasteiger partial charge on any atom is 0.234 e. The summed E-state index contributed by atoms with van der Waals surface area (Å²) in [6, 6.07) is 14.4. The van der Waals surface area contributed by atoms with Gasteiger partial charge in [-0.2, -0.15) is 0 Å². The van der Waals surface area contributed by atoms with E-state index in [1.165, 1.54) is 6.07 Å². The molecule has 0 unspecified atom stereocenters. The van der Waals surface area contributed by atoms with Crippen molar-refractivity contribution in [3.05, 3.63) is 59.9 Å². The third kappa shape index (κ3) is 7.84. The summed E-state index contributed by atoms with van der Waals surface area (Å²) in [5, 5.41) is 2.92. The van der Waals surface area contributed by atoms with E-state index in [1.54, 1.807) is 6.07 Å². The Balaban J connectivity index is 1.32. The second kappa shape index (κ2) is 12.3. The van der Waals surface area contributed by atoms with Gasteiger partial charge >= 0.3 is 0 Å². The lowest BCUT2D eigenvalue weighted by Crippen LogP contribution is -2.40. The summed E-state index contributed by atoms with van der Waals surface area (Å²) >= 11 is 0. The Labute approximate surface area is 183 Å². The minimum Gasteiger partial charge on any atom is -0.494 e. The summed E-state index contributed by atoms with van der Waals surface area (Å²) in [4.78, 5) is 16.7. The van der Waals surface area contributed by atoms with Crippen LogP contribution in [0.15, 0.2) is 48.5 Å². The van der Waals surface area contributed by atoms with Crippen molar-refractivity contribution in [2.24, 2.45) is 0 Å². The van der Waals surface area contributed by atoms with E-state index in [9.17, 15) is 9.18 Å². The van der Waals surface area contributed by atoms with Crippen LogP contribution < -0.4 is 14.8 Å². The number of carbonyl (C=O) groups is 1. The predicted molar refractivity (Wildman–Crippen MR) is 119 cm³/mol. The summed E-state index contributed by atoms with van der Waals surface area (Å²) in [6.45, 7) is 7.81. The fourth-order valence-corrected chi connectivity index (χ4v) is 3.63. The summed E-state index contributed by atoms with van der Waals surface area (Å²) in [5.41, 5.74) is 0.723. The maximum atomic E-state index is 13.9. The van der Waals surface area contributed by atoms with Gasteiger partial charge in [0, 0.05) is 25.2 Å². The lowest BCUT2D eigenvalue weighted by Gasteiger charge is -2.21. The molecule has 1 fully saturated rings. The summed E-state index contributed by atoms with van der Waals surface area (Å²) in [6.07, 6.45) is 0.961. The van der Waals surface area contributed by atoms with Crippen LogP contribution in [0.4, 0.5) is 4.39 Å². The van der Waals surface area contributed by atoms with Crippen molar-refractivity contribution in [1.82, 2.24) is 15.1 Å². The van der Waals surface area contributed by atoms with Gasteiger partial charge in [0.1, 0.15) is 23.9 Å². The average molecular weight is 430 g/mol. The summed E-state index contributed by atoms with van der Waals surface area (Å²) in [5.74, 6) is 1.40. The number of hydrogen-bond acceptors (Lipinski definition) is 5. The first-order chi connectivity index (χ1) is 15.1. The molecule has 0 bridgehead atoms. The highest BCUT2D eigenvalue weighted by atomic mass is 19.1. The molecular formula is C24H32FN3O3. The Hall–Kier alpha value is -2.64. The smallest absolute Gasteiger partial charge is 0.234 e. The number of amides is 1. The minimum absolute atomic E-state index is 0.00199. The van der Waals surface area contributed by atoms with Crippen LogP contribution in [0.1, 0.15) is 18.9 Å². The third-order valence-electron chi connectivity index (χ3n) is 5.23. The van der Waals surface area contributed by atoms with Crippen LogP contribution in [-0.2, 0) is 11.3 Å². The van der Waals surface area contributed by atoms with Crippen LogP contribution in [0.5, 0.6) is 11.5 Å². The number of halogens is 1. The Morgan fingerprint density at radius 2 is 1.65 bits per heavy atom. The molecule has 2 aromatic carbocycles. The van der Waals surface area contributed by atoms with E-state index >= 15 is 0 Å². The quantitative estimate of drug-likeness (QED) is 0.589. The van der Waals surface area contributed by atoms with Crippen LogP contribution in [0, 0.1) is 5.82 Å². The lowest BCUT2D eigenvalue weighted by molar-refractivity contribution is -0.122. The largest absolute Gasteiger partial charge is 0.494 e. The molecule has 6 nitrogen and oxygen atoms in total. The maximum absolute atomic E-state index is 13.9. The van der Waals surface area contributed by atoms with Crippen LogP contribution in [0.2, 0.25) is 0 Å². The molecule has 1 heterocycles. The Kier molecular flexibility index (Phi) is 9.12. The van der Waals surface area contributed by atoms with Gasteiger partial charge in [-0.25, -0.2) is 4.39 Å². The molecule has 7 heteroatoms. The molecule has 1 aliphatic rings. The highest BCUT2D eigenvalue weighted by Crippen LogP contribution is 2.17. The van der Waals surface area contributed by atoms with Gasteiger partial charge in [0.05, 0.1) is 19.7 Å². The van der Waals surface area contributed by atoms with Gasteiger partial charge in [0.15, 0.2) is 0 Å². The van der Waals surface area contributed by atoms with Crippen LogP contribution >= 0.6 is 0 Å². The van der Waals surface area contributed by atoms with Gasteiger partial charge in [-0.15, -0.1) is 0 Å². The summed E-state index contributed by atoms with van der Waals surface area (Å²) < 4.78 is 25.0. The number of nitrogens with one attached hydrogen (secondary N) is 1. The second-order valence-electron chi connectivity index (χ2n) is 7.60. The van der Waals surface area contributed by atoms with Gasteiger partial charge in [0.2, 0.25) is 5.91 Å². The van der Waals surface area contributed by atoms with E-state index in [0.717, 1.165) is 49.7 Å². The number of benzene rings is 2. The van der Waals surface area contributed by atoms with Gasteiger partial charge < -0.3 is 14.8 Å². The topological polar surface area (TPSA) is 54.0 Å². The molecule has 0 saturated carbocycles. The molecule has 1 N–H and O–H groups in total. The van der Waals surface area contributed by atoms with Crippen molar-refractivity contribution in [2.45, 2.75) is 19.9 Å². The molecule has 0 radical (unpaired) electrons. The van der Waals surface area contributed by atoms with E-state index in [1.807, 2.05) is 43.3 Å². The molecule has 0 atom stereocenters. The Morgan fingerprint density at radius 1 is 0.968 bits per heavy atom. The molecule has 3 rings (SSSR count). The lowest BCUT2D eigenvalue weighted by atomic mass is 10.2. The van der Waals surface area contributed by atoms with Gasteiger partial charge in [0.25, 0.3) is 0 Å². The molecule has 1 amide bonds. The Bertz CT molecular complexity index is 816. The zero-order chi connectivity index (χ0) is 21.9.